The first kappa shape index (κ1) is 24.0. The molecule has 0 aliphatic carbocycles. The van der Waals surface area contributed by atoms with Crippen LogP contribution in [0.25, 0.3) is 4.86 Å². The summed E-state index contributed by atoms with van der Waals surface area (Å²) in [4.78, 5) is 5.10. The zero-order valence-electron chi connectivity index (χ0n) is 16.7. The molecule has 0 atom stereocenters. The first-order valence-corrected chi connectivity index (χ1v) is 13.7. The summed E-state index contributed by atoms with van der Waals surface area (Å²) in [5.74, 6) is 0. The Morgan fingerprint density at radius 2 is 0.767 bits per heavy atom. The van der Waals surface area contributed by atoms with Crippen LogP contribution in [-0.2, 0) is 16.4 Å². The van der Waals surface area contributed by atoms with Crippen LogP contribution < -0.4 is 72.6 Å². The van der Waals surface area contributed by atoms with Gasteiger partial charge in [0.2, 0.25) is 0 Å². The van der Waals surface area contributed by atoms with E-state index in [1.807, 2.05) is 121 Å². The number of nitrogens with zero attached hydrogens (tertiary/aromatic N) is 1. The van der Waals surface area contributed by atoms with Crippen molar-refractivity contribution in [2.75, 3.05) is 0 Å². The predicted molar refractivity (Wildman–Crippen MR) is 130 cm³/mol. The predicted octanol–water partition coefficient (Wildman–Crippen LogP) is 2.34. The van der Waals surface area contributed by atoms with Crippen LogP contribution in [0.3, 0.4) is 0 Å². The Labute approximate surface area is 226 Å². The zero-order chi connectivity index (χ0) is 20.2. The minimum atomic E-state index is -3.31. The molecule has 0 saturated heterocycles. The van der Waals surface area contributed by atoms with Gasteiger partial charge in [0.25, 0.3) is 0 Å². The molecule has 2 nitrogen and oxygen atoms in total. The van der Waals surface area contributed by atoms with Crippen molar-refractivity contribution < 1.29 is 55.9 Å². The molecular formula is C24H20KNOP2S. The Hall–Kier alpha value is -0.644. The molecule has 4 aromatic rings. The molecule has 0 aromatic heterocycles. The van der Waals surface area contributed by atoms with E-state index >= 15 is 0 Å². The molecule has 0 amide bonds. The average Bonchev–Trinajstić information content (AvgIpc) is 2.81. The van der Waals surface area contributed by atoms with Gasteiger partial charge in [-0.05, 0) is 21.2 Å². The molecule has 0 heterocycles. The topological polar surface area (TPSA) is 31.2 Å². The number of hydrogen-bond acceptors (Lipinski definition) is 2. The van der Waals surface area contributed by atoms with E-state index in [0.717, 1.165) is 10.6 Å². The summed E-state index contributed by atoms with van der Waals surface area (Å²) in [6, 6.07) is 38.7. The minimum Gasteiger partial charge on any atom is -0.553 e. The SMILES string of the molecule is O=P([N-]P(=S)(c1ccccc1)c1ccccc1)(c1ccccc1)c1ccccc1.[K+]. The Bertz CT molecular complexity index is 991. The van der Waals surface area contributed by atoms with Crippen molar-refractivity contribution in [2.24, 2.45) is 0 Å². The van der Waals surface area contributed by atoms with Gasteiger partial charge in [0.1, 0.15) is 0 Å². The van der Waals surface area contributed by atoms with Crippen molar-refractivity contribution in [1.29, 1.82) is 0 Å². The Morgan fingerprint density at radius 3 is 1.07 bits per heavy atom. The molecule has 4 aromatic carbocycles. The second-order valence-electron chi connectivity index (χ2n) is 6.58. The van der Waals surface area contributed by atoms with Crippen LogP contribution in [0.1, 0.15) is 0 Å². The molecule has 144 valence electrons. The van der Waals surface area contributed by atoms with Gasteiger partial charge < -0.3 is 9.42 Å². The van der Waals surface area contributed by atoms with E-state index in [1.165, 1.54) is 0 Å². The van der Waals surface area contributed by atoms with E-state index < -0.39 is 13.5 Å². The molecule has 6 heteroatoms. The van der Waals surface area contributed by atoms with Gasteiger partial charge in [-0.3, -0.25) is 0 Å². The number of rotatable bonds is 6. The third-order valence-corrected chi connectivity index (χ3v) is 12.6. The monoisotopic (exact) mass is 471 g/mol. The third kappa shape index (κ3) is 5.05. The summed E-state index contributed by atoms with van der Waals surface area (Å²) >= 11 is 6.26. The first-order chi connectivity index (χ1) is 14.1. The molecule has 4 rings (SSSR count). The normalized spacial score (nSPS) is 11.5. The van der Waals surface area contributed by atoms with Gasteiger partial charge in [0.05, 0.1) is 7.29 Å². The summed E-state index contributed by atoms with van der Waals surface area (Å²) in [6.07, 6.45) is -2.68. The van der Waals surface area contributed by atoms with Crippen LogP contribution in [0.2, 0.25) is 0 Å². The second kappa shape index (κ2) is 10.8. The quantitative estimate of drug-likeness (QED) is 0.319. The zero-order valence-corrected chi connectivity index (χ0v) is 22.4. The van der Waals surface area contributed by atoms with Gasteiger partial charge in [-0.25, -0.2) is 0 Å². The van der Waals surface area contributed by atoms with E-state index in [4.69, 9.17) is 16.7 Å². The summed E-state index contributed by atoms with van der Waals surface area (Å²) in [7, 11) is -3.31. The van der Waals surface area contributed by atoms with Crippen molar-refractivity contribution >= 4 is 46.5 Å². The Morgan fingerprint density at radius 1 is 0.500 bits per heavy atom. The van der Waals surface area contributed by atoms with Gasteiger partial charge in [-0.15, -0.1) is 11.8 Å². The van der Waals surface area contributed by atoms with Crippen molar-refractivity contribution in [3.05, 3.63) is 126 Å². The van der Waals surface area contributed by atoms with Crippen LogP contribution in [0.5, 0.6) is 0 Å². The molecule has 0 radical (unpaired) electrons. The van der Waals surface area contributed by atoms with Crippen LogP contribution in [0.4, 0.5) is 0 Å². The molecule has 30 heavy (non-hydrogen) atoms. The molecule has 0 fully saturated rings. The van der Waals surface area contributed by atoms with E-state index in [1.54, 1.807) is 0 Å². The smallest absolute Gasteiger partial charge is 0.553 e. The third-order valence-electron chi connectivity index (χ3n) is 4.68. The molecule has 0 N–H and O–H groups in total. The standard InChI is InChI=1S/C24H20NOP2S.K/c26-27(21-13-5-1-6-14-21,22-15-7-2-8-16-22)25-28(29,23-17-9-3-10-18-23)24-19-11-4-12-20-24;/h1-20H;/q-1;+1. The Kier molecular flexibility index (Phi) is 8.63. The van der Waals surface area contributed by atoms with Crippen molar-refractivity contribution in [3.8, 4) is 0 Å². The maximum atomic E-state index is 14.6. The fourth-order valence-corrected chi connectivity index (χ4v) is 10.8. The second-order valence-corrected chi connectivity index (χ2v) is 13.3. The maximum Gasteiger partial charge on any atom is 1.00 e. The Balaban J connectivity index is 0.00000256. The molecule has 0 aliphatic rings. The van der Waals surface area contributed by atoms with E-state index in [2.05, 4.69) is 0 Å². The molecule has 0 aliphatic heterocycles. The number of benzene rings is 4. The van der Waals surface area contributed by atoms with Crippen molar-refractivity contribution in [1.82, 2.24) is 0 Å². The summed E-state index contributed by atoms with van der Waals surface area (Å²) in [5, 5.41) is 3.28. The molecule has 0 spiro atoms. The summed E-state index contributed by atoms with van der Waals surface area (Å²) < 4.78 is 14.6. The van der Waals surface area contributed by atoms with Gasteiger partial charge in [0.15, 0.2) is 0 Å². The molecule has 0 bridgehead atoms. The molecule has 0 unspecified atom stereocenters. The summed E-state index contributed by atoms with van der Waals surface area (Å²) in [6.45, 7) is 0. The average molecular weight is 472 g/mol. The van der Waals surface area contributed by atoms with Crippen LogP contribution in [-0.4, -0.2) is 0 Å². The van der Waals surface area contributed by atoms with Crippen LogP contribution in [0, 0.1) is 0 Å². The molecule has 0 saturated carbocycles. The van der Waals surface area contributed by atoms with Crippen LogP contribution in [0.15, 0.2) is 121 Å². The van der Waals surface area contributed by atoms with E-state index in [0.29, 0.717) is 10.6 Å². The van der Waals surface area contributed by atoms with E-state index in [-0.39, 0.29) is 51.4 Å². The first-order valence-electron chi connectivity index (χ1n) is 9.30. The van der Waals surface area contributed by atoms with Crippen LogP contribution >= 0.6 is 13.5 Å². The van der Waals surface area contributed by atoms with E-state index in [9.17, 15) is 4.57 Å². The van der Waals surface area contributed by atoms with Gasteiger partial charge >= 0.3 is 51.4 Å². The maximum absolute atomic E-state index is 14.6. The summed E-state index contributed by atoms with van der Waals surface area (Å²) in [5.41, 5.74) is 0. The van der Waals surface area contributed by atoms with Crippen molar-refractivity contribution in [2.45, 2.75) is 0 Å². The van der Waals surface area contributed by atoms with Gasteiger partial charge in [-0.1, -0.05) is 128 Å². The number of hydrogen-bond donors (Lipinski definition) is 0. The molecular weight excluding hydrogens is 451 g/mol. The van der Waals surface area contributed by atoms with Gasteiger partial charge in [0, 0.05) is 0 Å². The largest absolute Gasteiger partial charge is 1.00 e. The fourth-order valence-electron chi connectivity index (χ4n) is 3.20. The van der Waals surface area contributed by atoms with Gasteiger partial charge in [-0.2, -0.15) is 0 Å². The minimum absolute atomic E-state index is 0. The van der Waals surface area contributed by atoms with Crippen molar-refractivity contribution in [3.63, 3.8) is 0 Å². The fraction of sp³-hybridized carbons (Fsp3) is 0.